The van der Waals surface area contributed by atoms with Crippen molar-refractivity contribution in [2.75, 3.05) is 19.7 Å². The number of aromatic nitrogens is 3. The number of hydrogen-bond acceptors (Lipinski definition) is 4. The number of aromatic amines is 1. The fraction of sp³-hybridized carbons (Fsp3) is 0.471. The maximum Gasteiger partial charge on any atom is 0.226 e. The van der Waals surface area contributed by atoms with Gasteiger partial charge in [0.2, 0.25) is 5.91 Å². The first-order valence-electron chi connectivity index (χ1n) is 8.16. The average molecular weight is 330 g/mol. The number of hydrogen-bond donors (Lipinski definition) is 1. The van der Waals surface area contributed by atoms with E-state index < -0.39 is 0 Å². The molecule has 3 atom stereocenters. The molecule has 7 heteroatoms. The van der Waals surface area contributed by atoms with Crippen molar-refractivity contribution in [2.24, 2.45) is 5.92 Å². The number of morpholine rings is 1. The van der Waals surface area contributed by atoms with Crippen molar-refractivity contribution < 1.29 is 13.9 Å². The fourth-order valence-electron chi connectivity index (χ4n) is 3.29. The Balaban J connectivity index is 1.41. The lowest BCUT2D eigenvalue weighted by atomic mass is 10.1. The number of benzene rings is 1. The minimum Gasteiger partial charge on any atom is -0.366 e. The van der Waals surface area contributed by atoms with Crippen LogP contribution in [0.3, 0.4) is 0 Å². The summed E-state index contributed by atoms with van der Waals surface area (Å²) in [7, 11) is 0. The topological polar surface area (TPSA) is 71.1 Å². The number of amides is 1. The third kappa shape index (κ3) is 2.91. The summed E-state index contributed by atoms with van der Waals surface area (Å²) in [5.41, 5.74) is 1.03. The average Bonchev–Trinajstić information content (AvgIpc) is 3.28. The van der Waals surface area contributed by atoms with Crippen molar-refractivity contribution in [3.63, 3.8) is 0 Å². The summed E-state index contributed by atoms with van der Waals surface area (Å²) < 4.78 is 18.7. The zero-order valence-corrected chi connectivity index (χ0v) is 13.4. The molecule has 1 N–H and O–H groups in total. The third-order valence-corrected chi connectivity index (χ3v) is 4.69. The first-order valence-corrected chi connectivity index (χ1v) is 8.16. The van der Waals surface area contributed by atoms with E-state index >= 15 is 0 Å². The maximum absolute atomic E-state index is 13.0. The zero-order valence-electron chi connectivity index (χ0n) is 13.4. The molecule has 4 rings (SSSR count). The molecule has 0 unspecified atom stereocenters. The van der Waals surface area contributed by atoms with Gasteiger partial charge in [0.15, 0.2) is 5.82 Å². The van der Waals surface area contributed by atoms with Gasteiger partial charge >= 0.3 is 0 Å². The predicted octanol–water partition coefficient (Wildman–Crippen LogP) is 1.96. The van der Waals surface area contributed by atoms with Gasteiger partial charge in [-0.05, 0) is 37.0 Å². The molecule has 2 heterocycles. The van der Waals surface area contributed by atoms with Gasteiger partial charge in [-0.2, -0.15) is 5.10 Å². The predicted molar refractivity (Wildman–Crippen MR) is 83.6 cm³/mol. The fourth-order valence-corrected chi connectivity index (χ4v) is 3.29. The number of carbonyl (C=O) groups excluding carboxylic acids is 1. The van der Waals surface area contributed by atoms with Gasteiger partial charge in [0.25, 0.3) is 0 Å². The number of rotatable bonds is 3. The largest absolute Gasteiger partial charge is 0.366 e. The molecule has 1 saturated carbocycles. The maximum atomic E-state index is 13.0. The monoisotopic (exact) mass is 330 g/mol. The Morgan fingerprint density at radius 1 is 1.38 bits per heavy atom. The van der Waals surface area contributed by atoms with Crippen LogP contribution in [0.4, 0.5) is 4.39 Å². The molecule has 0 radical (unpaired) electrons. The standard InChI is InChI=1S/C17H19FN4O2/c1-10-19-16(21-20-10)15-9-22(6-7-24-15)17(23)14-8-13(14)11-2-4-12(18)5-3-11/h2-5,13-15H,6-9H2,1H3,(H,19,20,21)/t13-,14+,15+/m1/s1. The van der Waals surface area contributed by atoms with E-state index in [0.717, 1.165) is 17.8 Å². The second kappa shape index (κ2) is 5.98. The van der Waals surface area contributed by atoms with E-state index in [1.807, 2.05) is 11.8 Å². The molecule has 0 bridgehead atoms. The summed E-state index contributed by atoms with van der Waals surface area (Å²) in [6.45, 7) is 3.38. The lowest BCUT2D eigenvalue weighted by molar-refractivity contribution is -0.140. The van der Waals surface area contributed by atoms with Gasteiger partial charge in [0.1, 0.15) is 17.7 Å². The highest BCUT2D eigenvalue weighted by atomic mass is 19.1. The number of ether oxygens (including phenoxy) is 1. The van der Waals surface area contributed by atoms with E-state index in [1.54, 1.807) is 12.1 Å². The Bertz CT molecular complexity index is 745. The second-order valence-corrected chi connectivity index (χ2v) is 6.42. The number of nitrogens with zero attached hydrogens (tertiary/aromatic N) is 3. The van der Waals surface area contributed by atoms with Gasteiger partial charge in [-0.25, -0.2) is 9.37 Å². The lowest BCUT2D eigenvalue weighted by Gasteiger charge is -2.32. The normalized spacial score (nSPS) is 26.4. The molecule has 1 aromatic carbocycles. The van der Waals surface area contributed by atoms with E-state index in [1.165, 1.54) is 12.1 Å². The van der Waals surface area contributed by atoms with Gasteiger partial charge < -0.3 is 9.64 Å². The van der Waals surface area contributed by atoms with Crippen molar-refractivity contribution in [3.8, 4) is 0 Å². The van der Waals surface area contributed by atoms with Gasteiger partial charge in [0.05, 0.1) is 13.2 Å². The quantitative estimate of drug-likeness (QED) is 0.934. The van der Waals surface area contributed by atoms with E-state index in [0.29, 0.717) is 25.5 Å². The van der Waals surface area contributed by atoms with Crippen LogP contribution in [0.25, 0.3) is 0 Å². The van der Waals surface area contributed by atoms with E-state index in [2.05, 4.69) is 15.2 Å². The molecule has 1 aromatic heterocycles. The molecule has 1 aliphatic carbocycles. The van der Waals surface area contributed by atoms with E-state index in [9.17, 15) is 9.18 Å². The Morgan fingerprint density at radius 3 is 2.88 bits per heavy atom. The molecular weight excluding hydrogens is 311 g/mol. The van der Waals surface area contributed by atoms with Gasteiger partial charge in [-0.15, -0.1) is 0 Å². The molecule has 0 spiro atoms. The van der Waals surface area contributed by atoms with Crippen LogP contribution in [-0.4, -0.2) is 45.7 Å². The minimum absolute atomic E-state index is 0.0110. The van der Waals surface area contributed by atoms with E-state index in [-0.39, 0.29) is 29.7 Å². The number of halogens is 1. The Morgan fingerprint density at radius 2 is 2.17 bits per heavy atom. The van der Waals surface area contributed by atoms with Crippen LogP contribution in [-0.2, 0) is 9.53 Å². The number of carbonyl (C=O) groups is 1. The van der Waals surface area contributed by atoms with Crippen LogP contribution in [0.15, 0.2) is 24.3 Å². The zero-order chi connectivity index (χ0) is 16.7. The van der Waals surface area contributed by atoms with Crippen molar-refractivity contribution >= 4 is 5.91 Å². The van der Waals surface area contributed by atoms with Crippen molar-refractivity contribution in [1.29, 1.82) is 0 Å². The van der Waals surface area contributed by atoms with Crippen LogP contribution in [0.2, 0.25) is 0 Å². The molecule has 6 nitrogen and oxygen atoms in total. The number of aryl methyl sites for hydroxylation is 1. The highest BCUT2D eigenvalue weighted by Gasteiger charge is 2.46. The first-order chi connectivity index (χ1) is 11.6. The molecule has 1 amide bonds. The second-order valence-electron chi connectivity index (χ2n) is 6.42. The minimum atomic E-state index is -0.282. The summed E-state index contributed by atoms with van der Waals surface area (Å²) in [4.78, 5) is 18.9. The highest BCUT2D eigenvalue weighted by Crippen LogP contribution is 2.48. The molecule has 2 fully saturated rings. The van der Waals surface area contributed by atoms with Crippen LogP contribution in [0.5, 0.6) is 0 Å². The van der Waals surface area contributed by atoms with Crippen LogP contribution < -0.4 is 0 Å². The van der Waals surface area contributed by atoms with Crippen molar-refractivity contribution in [2.45, 2.75) is 25.4 Å². The van der Waals surface area contributed by atoms with Crippen LogP contribution >= 0.6 is 0 Å². The summed E-state index contributed by atoms with van der Waals surface area (Å²) in [6.07, 6.45) is 0.544. The molecular formula is C17H19FN4O2. The van der Waals surface area contributed by atoms with Crippen molar-refractivity contribution in [3.05, 3.63) is 47.3 Å². The Hall–Kier alpha value is -2.28. The molecule has 24 heavy (non-hydrogen) atoms. The van der Waals surface area contributed by atoms with Gasteiger partial charge in [0, 0.05) is 12.5 Å². The summed E-state index contributed by atoms with van der Waals surface area (Å²) >= 11 is 0. The Kier molecular flexibility index (Phi) is 3.80. The molecule has 2 aromatic rings. The van der Waals surface area contributed by atoms with Gasteiger partial charge in [-0.1, -0.05) is 12.1 Å². The molecule has 1 saturated heterocycles. The SMILES string of the molecule is Cc1nc([C@@H]2CN(C(=O)[C@H]3C[C@@H]3c3ccc(F)cc3)CCO2)n[nH]1. The highest BCUT2D eigenvalue weighted by molar-refractivity contribution is 5.83. The van der Waals surface area contributed by atoms with Gasteiger partial charge in [-0.3, -0.25) is 9.89 Å². The molecule has 1 aliphatic heterocycles. The molecule has 126 valence electrons. The third-order valence-electron chi connectivity index (χ3n) is 4.69. The van der Waals surface area contributed by atoms with E-state index in [4.69, 9.17) is 4.74 Å². The smallest absolute Gasteiger partial charge is 0.226 e. The summed E-state index contributed by atoms with van der Waals surface area (Å²) in [6, 6.07) is 6.44. The number of nitrogens with one attached hydrogen (secondary N) is 1. The van der Waals surface area contributed by atoms with Crippen LogP contribution in [0, 0.1) is 18.7 Å². The first kappa shape index (κ1) is 15.3. The molecule has 2 aliphatic rings. The Labute approximate surface area is 139 Å². The number of H-pyrrole nitrogens is 1. The van der Waals surface area contributed by atoms with Crippen molar-refractivity contribution in [1.82, 2.24) is 20.1 Å². The van der Waals surface area contributed by atoms with Crippen LogP contribution in [0.1, 0.15) is 35.7 Å². The summed E-state index contributed by atoms with van der Waals surface area (Å²) in [5.74, 6) is 1.41. The summed E-state index contributed by atoms with van der Waals surface area (Å²) in [5, 5.41) is 6.93. The lowest BCUT2D eigenvalue weighted by Crippen LogP contribution is -2.43.